The number of amides is 1. The molecule has 3 aromatic carbocycles. The van der Waals surface area contributed by atoms with Crippen molar-refractivity contribution >= 4 is 46.4 Å². The molecule has 1 amide bonds. The lowest BCUT2D eigenvalue weighted by Crippen LogP contribution is -2.14. The third-order valence-electron chi connectivity index (χ3n) is 3.88. The molecule has 3 aromatic rings. The summed E-state index contributed by atoms with van der Waals surface area (Å²) in [6.45, 7) is 0.460. The Kier molecular flexibility index (Phi) is 6.62. The Morgan fingerprint density at radius 3 is 2.30 bits per heavy atom. The van der Waals surface area contributed by atoms with Gasteiger partial charge in [-0.1, -0.05) is 77.3 Å². The molecule has 138 valence electrons. The molecule has 0 saturated carbocycles. The molecule has 0 aliphatic heterocycles. The molecule has 0 atom stereocenters. The maximum absolute atomic E-state index is 12.7. The van der Waals surface area contributed by atoms with E-state index in [4.69, 9.17) is 39.5 Å². The SMILES string of the molecule is O=C(Nc1cc(Cl)c(Cl)cc1Cl)c1ccccc1OCCc1ccccc1. The second-order valence-electron chi connectivity index (χ2n) is 5.78. The average Bonchev–Trinajstić information content (AvgIpc) is 2.67. The largest absolute Gasteiger partial charge is 0.492 e. The van der Waals surface area contributed by atoms with Gasteiger partial charge in [0.25, 0.3) is 5.91 Å². The highest BCUT2D eigenvalue weighted by Gasteiger charge is 2.15. The summed E-state index contributed by atoms with van der Waals surface area (Å²) in [6, 6.07) is 20.1. The van der Waals surface area contributed by atoms with Gasteiger partial charge in [0.05, 0.1) is 32.9 Å². The molecule has 3 nitrogen and oxygen atoms in total. The summed E-state index contributed by atoms with van der Waals surface area (Å²) in [6.07, 6.45) is 0.745. The molecule has 0 aliphatic carbocycles. The molecular formula is C21H16Cl3NO2. The fourth-order valence-electron chi connectivity index (χ4n) is 2.51. The fraction of sp³-hybridized carbons (Fsp3) is 0.0952. The van der Waals surface area contributed by atoms with Crippen LogP contribution in [0.25, 0.3) is 0 Å². The molecule has 3 rings (SSSR count). The Morgan fingerprint density at radius 1 is 0.852 bits per heavy atom. The predicted molar refractivity (Wildman–Crippen MR) is 112 cm³/mol. The standard InChI is InChI=1S/C21H16Cl3NO2/c22-16-12-18(24)19(13-17(16)23)25-21(26)15-8-4-5-9-20(15)27-11-10-14-6-2-1-3-7-14/h1-9,12-13H,10-11H2,(H,25,26). The number of hydrogen-bond donors (Lipinski definition) is 1. The number of nitrogens with one attached hydrogen (secondary N) is 1. The van der Waals surface area contributed by atoms with E-state index in [9.17, 15) is 4.79 Å². The zero-order chi connectivity index (χ0) is 19.2. The first-order valence-corrected chi connectivity index (χ1v) is 9.39. The lowest BCUT2D eigenvalue weighted by molar-refractivity contribution is 0.102. The molecule has 27 heavy (non-hydrogen) atoms. The molecule has 0 aromatic heterocycles. The quantitative estimate of drug-likeness (QED) is 0.461. The number of rotatable bonds is 6. The number of para-hydroxylation sites is 1. The van der Waals surface area contributed by atoms with Crippen LogP contribution in [0.2, 0.25) is 15.1 Å². The third-order valence-corrected chi connectivity index (χ3v) is 4.92. The molecular weight excluding hydrogens is 405 g/mol. The molecule has 0 heterocycles. The minimum Gasteiger partial charge on any atom is -0.492 e. The van der Waals surface area contributed by atoms with Crippen LogP contribution in [0.15, 0.2) is 66.7 Å². The lowest BCUT2D eigenvalue weighted by atomic mass is 10.1. The van der Waals surface area contributed by atoms with Gasteiger partial charge in [0, 0.05) is 6.42 Å². The van der Waals surface area contributed by atoms with E-state index in [1.165, 1.54) is 17.7 Å². The average molecular weight is 421 g/mol. The second kappa shape index (κ2) is 9.14. The monoisotopic (exact) mass is 419 g/mol. The zero-order valence-corrected chi connectivity index (χ0v) is 16.5. The smallest absolute Gasteiger partial charge is 0.259 e. The van der Waals surface area contributed by atoms with E-state index in [1.54, 1.807) is 18.2 Å². The number of hydrogen-bond acceptors (Lipinski definition) is 2. The van der Waals surface area contributed by atoms with E-state index in [1.807, 2.05) is 36.4 Å². The van der Waals surface area contributed by atoms with Gasteiger partial charge in [0.1, 0.15) is 5.75 Å². The van der Waals surface area contributed by atoms with Crippen LogP contribution < -0.4 is 10.1 Å². The number of benzene rings is 3. The van der Waals surface area contributed by atoms with Gasteiger partial charge < -0.3 is 10.1 Å². The minimum absolute atomic E-state index is 0.306. The van der Waals surface area contributed by atoms with Crippen molar-refractivity contribution in [3.8, 4) is 5.75 Å². The summed E-state index contributed by atoms with van der Waals surface area (Å²) in [5, 5.41) is 3.69. The van der Waals surface area contributed by atoms with Gasteiger partial charge in [0.2, 0.25) is 0 Å². The highest BCUT2D eigenvalue weighted by atomic mass is 35.5. The van der Waals surface area contributed by atoms with Gasteiger partial charge in [-0.2, -0.15) is 0 Å². The summed E-state index contributed by atoms with van der Waals surface area (Å²) in [7, 11) is 0. The first kappa shape index (κ1) is 19.6. The minimum atomic E-state index is -0.342. The Labute approximate surface area is 172 Å². The van der Waals surface area contributed by atoms with Crippen LogP contribution in [0.4, 0.5) is 5.69 Å². The molecule has 1 N–H and O–H groups in total. The molecule has 0 spiro atoms. The van der Waals surface area contributed by atoms with Gasteiger partial charge in [-0.05, 0) is 29.8 Å². The molecule has 6 heteroatoms. The lowest BCUT2D eigenvalue weighted by Gasteiger charge is -2.13. The van der Waals surface area contributed by atoms with Crippen LogP contribution in [-0.2, 0) is 6.42 Å². The van der Waals surface area contributed by atoms with Crippen molar-refractivity contribution in [3.05, 3.63) is 92.9 Å². The van der Waals surface area contributed by atoms with E-state index in [0.717, 1.165) is 6.42 Å². The van der Waals surface area contributed by atoms with Gasteiger partial charge in [-0.15, -0.1) is 0 Å². The third kappa shape index (κ3) is 5.16. The normalized spacial score (nSPS) is 10.5. The van der Waals surface area contributed by atoms with Crippen molar-refractivity contribution < 1.29 is 9.53 Å². The highest BCUT2D eigenvalue weighted by molar-refractivity contribution is 6.44. The molecule has 0 aliphatic rings. The Hall–Kier alpha value is -2.20. The zero-order valence-electron chi connectivity index (χ0n) is 14.2. The van der Waals surface area contributed by atoms with E-state index < -0.39 is 0 Å². The van der Waals surface area contributed by atoms with Crippen molar-refractivity contribution in [1.82, 2.24) is 0 Å². The summed E-state index contributed by atoms with van der Waals surface area (Å²) in [5.74, 6) is 0.160. The first-order chi connectivity index (χ1) is 13.0. The summed E-state index contributed by atoms with van der Waals surface area (Å²) in [4.78, 5) is 12.7. The maximum atomic E-state index is 12.7. The van der Waals surface area contributed by atoms with E-state index in [2.05, 4.69) is 5.32 Å². The van der Waals surface area contributed by atoms with Crippen molar-refractivity contribution in [1.29, 1.82) is 0 Å². The summed E-state index contributed by atoms with van der Waals surface area (Å²) in [5.41, 5.74) is 1.96. The topological polar surface area (TPSA) is 38.3 Å². The Bertz CT molecular complexity index is 945. The van der Waals surface area contributed by atoms with Crippen molar-refractivity contribution in [2.45, 2.75) is 6.42 Å². The Morgan fingerprint density at radius 2 is 1.52 bits per heavy atom. The van der Waals surface area contributed by atoms with Crippen LogP contribution in [0.1, 0.15) is 15.9 Å². The number of ether oxygens (including phenoxy) is 1. The van der Waals surface area contributed by atoms with Gasteiger partial charge in [0.15, 0.2) is 0 Å². The number of carbonyl (C=O) groups excluding carboxylic acids is 1. The van der Waals surface area contributed by atoms with Crippen LogP contribution in [-0.4, -0.2) is 12.5 Å². The van der Waals surface area contributed by atoms with Gasteiger partial charge in [-0.25, -0.2) is 0 Å². The van der Waals surface area contributed by atoms with Crippen molar-refractivity contribution in [2.24, 2.45) is 0 Å². The van der Waals surface area contributed by atoms with Gasteiger partial charge >= 0.3 is 0 Å². The van der Waals surface area contributed by atoms with E-state index >= 15 is 0 Å². The first-order valence-electron chi connectivity index (χ1n) is 8.26. The number of halogens is 3. The summed E-state index contributed by atoms with van der Waals surface area (Å²) >= 11 is 18.1. The van der Waals surface area contributed by atoms with Crippen LogP contribution in [0.3, 0.4) is 0 Å². The highest BCUT2D eigenvalue weighted by Crippen LogP contribution is 2.33. The fourth-order valence-corrected chi connectivity index (χ4v) is 3.11. The molecule has 0 unspecified atom stereocenters. The molecule has 0 saturated heterocycles. The van der Waals surface area contributed by atoms with Gasteiger partial charge in [-0.3, -0.25) is 4.79 Å². The van der Waals surface area contributed by atoms with Crippen molar-refractivity contribution in [3.63, 3.8) is 0 Å². The van der Waals surface area contributed by atoms with Crippen molar-refractivity contribution in [2.75, 3.05) is 11.9 Å². The van der Waals surface area contributed by atoms with Crippen LogP contribution in [0, 0.1) is 0 Å². The second-order valence-corrected chi connectivity index (χ2v) is 7.00. The summed E-state index contributed by atoms with van der Waals surface area (Å²) < 4.78 is 5.83. The molecule has 0 radical (unpaired) electrons. The predicted octanol–water partition coefficient (Wildman–Crippen LogP) is 6.52. The Balaban J connectivity index is 1.71. The molecule has 0 bridgehead atoms. The van der Waals surface area contributed by atoms with Crippen LogP contribution in [0.5, 0.6) is 5.75 Å². The molecule has 0 fully saturated rings. The van der Waals surface area contributed by atoms with E-state index in [-0.39, 0.29) is 5.91 Å². The van der Waals surface area contributed by atoms with Crippen LogP contribution >= 0.6 is 34.8 Å². The maximum Gasteiger partial charge on any atom is 0.259 e. The number of anilines is 1. The van der Waals surface area contributed by atoms with E-state index in [0.29, 0.717) is 38.7 Å². The number of carbonyl (C=O) groups is 1.